The minimum atomic E-state index is 0.223. The molecule has 2 aromatic carbocycles. The molecule has 0 unspecified atom stereocenters. The predicted octanol–water partition coefficient (Wildman–Crippen LogP) is 2.08. The largest absolute Gasteiger partial charge is 0.508 e. The molecule has 1 heterocycles. The first kappa shape index (κ1) is 12.3. The number of fused-ring (bicyclic) bond motifs is 1. The van der Waals surface area contributed by atoms with E-state index in [2.05, 4.69) is 4.90 Å². The van der Waals surface area contributed by atoms with Gasteiger partial charge in [-0.15, -0.1) is 0 Å². The van der Waals surface area contributed by atoms with Crippen molar-refractivity contribution in [1.29, 1.82) is 0 Å². The lowest BCUT2D eigenvalue weighted by atomic mass is 10.0. The molecule has 1 fully saturated rings. The van der Waals surface area contributed by atoms with Gasteiger partial charge in [-0.25, -0.2) is 0 Å². The number of morpholine rings is 1. The average molecular weight is 259 g/mol. The molecular formula is C15H17NO3. The maximum Gasteiger partial charge on any atom is 0.120 e. The van der Waals surface area contributed by atoms with Gasteiger partial charge in [0, 0.05) is 25.2 Å². The SMILES string of the molecule is Oc1ccc2ccc(O)c(CN3CCOCC3)c2c1. The highest BCUT2D eigenvalue weighted by atomic mass is 16.5. The van der Waals surface area contributed by atoms with Crippen LogP contribution in [-0.4, -0.2) is 41.4 Å². The van der Waals surface area contributed by atoms with Gasteiger partial charge < -0.3 is 14.9 Å². The number of rotatable bonds is 2. The van der Waals surface area contributed by atoms with Crippen molar-refractivity contribution in [2.75, 3.05) is 26.3 Å². The topological polar surface area (TPSA) is 52.9 Å². The van der Waals surface area contributed by atoms with Crippen molar-refractivity contribution in [3.05, 3.63) is 35.9 Å². The fourth-order valence-corrected chi connectivity index (χ4v) is 2.51. The smallest absolute Gasteiger partial charge is 0.120 e. The molecule has 1 aliphatic rings. The lowest BCUT2D eigenvalue weighted by molar-refractivity contribution is 0.0341. The Balaban J connectivity index is 2.00. The summed E-state index contributed by atoms with van der Waals surface area (Å²) < 4.78 is 5.33. The lowest BCUT2D eigenvalue weighted by Crippen LogP contribution is -2.35. The molecule has 2 N–H and O–H groups in total. The Kier molecular flexibility index (Phi) is 3.27. The van der Waals surface area contributed by atoms with Crippen molar-refractivity contribution < 1.29 is 14.9 Å². The van der Waals surface area contributed by atoms with Gasteiger partial charge in [-0.2, -0.15) is 0 Å². The van der Waals surface area contributed by atoms with Crippen LogP contribution in [0.2, 0.25) is 0 Å². The van der Waals surface area contributed by atoms with E-state index in [0.717, 1.165) is 42.6 Å². The van der Waals surface area contributed by atoms with Crippen LogP contribution in [0.4, 0.5) is 0 Å². The molecule has 4 nitrogen and oxygen atoms in total. The van der Waals surface area contributed by atoms with Crippen LogP contribution in [0.3, 0.4) is 0 Å². The van der Waals surface area contributed by atoms with Crippen LogP contribution < -0.4 is 0 Å². The molecule has 0 spiro atoms. The second kappa shape index (κ2) is 5.07. The molecule has 1 aliphatic heterocycles. The Morgan fingerprint density at radius 2 is 1.79 bits per heavy atom. The van der Waals surface area contributed by atoms with Crippen LogP contribution in [0.5, 0.6) is 11.5 Å². The van der Waals surface area contributed by atoms with Gasteiger partial charge in [-0.3, -0.25) is 4.90 Å². The van der Waals surface area contributed by atoms with E-state index in [0.29, 0.717) is 6.54 Å². The molecule has 0 atom stereocenters. The number of nitrogens with zero attached hydrogens (tertiary/aromatic N) is 1. The van der Waals surface area contributed by atoms with Crippen molar-refractivity contribution in [3.63, 3.8) is 0 Å². The van der Waals surface area contributed by atoms with Gasteiger partial charge in [-0.05, 0) is 29.0 Å². The molecule has 19 heavy (non-hydrogen) atoms. The van der Waals surface area contributed by atoms with Gasteiger partial charge in [0.05, 0.1) is 13.2 Å². The van der Waals surface area contributed by atoms with Gasteiger partial charge in [0.15, 0.2) is 0 Å². The highest BCUT2D eigenvalue weighted by molar-refractivity contribution is 5.88. The summed E-state index contributed by atoms with van der Waals surface area (Å²) in [6.45, 7) is 3.88. The highest BCUT2D eigenvalue weighted by Gasteiger charge is 2.15. The molecule has 2 aromatic rings. The Hall–Kier alpha value is -1.78. The molecule has 100 valence electrons. The van der Waals surface area contributed by atoms with Crippen molar-refractivity contribution in [1.82, 2.24) is 4.90 Å². The number of phenols is 2. The van der Waals surface area contributed by atoms with Gasteiger partial charge in [-0.1, -0.05) is 12.1 Å². The van der Waals surface area contributed by atoms with Crippen LogP contribution in [0.1, 0.15) is 5.56 Å². The van der Waals surface area contributed by atoms with E-state index < -0.39 is 0 Å². The van der Waals surface area contributed by atoms with E-state index in [1.165, 1.54) is 0 Å². The van der Waals surface area contributed by atoms with Crippen LogP contribution in [0, 0.1) is 0 Å². The summed E-state index contributed by atoms with van der Waals surface area (Å²) in [5.74, 6) is 0.505. The van der Waals surface area contributed by atoms with Crippen LogP contribution in [0.25, 0.3) is 10.8 Å². The number of phenolic OH excluding ortho intramolecular Hbond substituents is 2. The van der Waals surface area contributed by atoms with Crippen LogP contribution >= 0.6 is 0 Å². The van der Waals surface area contributed by atoms with E-state index in [1.807, 2.05) is 12.1 Å². The first-order valence-corrected chi connectivity index (χ1v) is 6.48. The molecule has 1 saturated heterocycles. The molecular weight excluding hydrogens is 242 g/mol. The van der Waals surface area contributed by atoms with Crippen LogP contribution in [0.15, 0.2) is 30.3 Å². The second-order valence-electron chi connectivity index (χ2n) is 4.86. The zero-order valence-electron chi connectivity index (χ0n) is 10.7. The first-order chi connectivity index (χ1) is 9.24. The first-order valence-electron chi connectivity index (χ1n) is 6.48. The van der Waals surface area contributed by atoms with Gasteiger partial charge in [0.2, 0.25) is 0 Å². The molecule has 0 saturated carbocycles. The average Bonchev–Trinajstić information content (AvgIpc) is 2.43. The Labute approximate surface area is 111 Å². The summed E-state index contributed by atoms with van der Waals surface area (Å²) in [6.07, 6.45) is 0. The molecule has 0 bridgehead atoms. The molecule has 0 aliphatic carbocycles. The Bertz CT molecular complexity index is 586. The lowest BCUT2D eigenvalue weighted by Gasteiger charge is -2.27. The van der Waals surface area contributed by atoms with Crippen molar-refractivity contribution in [3.8, 4) is 11.5 Å². The zero-order valence-corrected chi connectivity index (χ0v) is 10.7. The molecule has 3 rings (SSSR count). The zero-order chi connectivity index (χ0) is 13.2. The van der Waals surface area contributed by atoms with E-state index in [9.17, 15) is 10.2 Å². The number of hydrogen-bond donors (Lipinski definition) is 2. The van der Waals surface area contributed by atoms with Crippen molar-refractivity contribution in [2.45, 2.75) is 6.54 Å². The maximum atomic E-state index is 10.1. The number of hydrogen-bond acceptors (Lipinski definition) is 4. The minimum absolute atomic E-state index is 0.223. The molecule has 0 radical (unpaired) electrons. The fraction of sp³-hybridized carbons (Fsp3) is 0.333. The normalized spacial score (nSPS) is 16.8. The van der Waals surface area contributed by atoms with Crippen molar-refractivity contribution >= 4 is 10.8 Å². The number of benzene rings is 2. The van der Waals surface area contributed by atoms with Crippen molar-refractivity contribution in [2.24, 2.45) is 0 Å². The molecule has 0 amide bonds. The summed E-state index contributed by atoms with van der Waals surface area (Å²) in [5, 5.41) is 21.7. The van der Waals surface area contributed by atoms with E-state index in [4.69, 9.17) is 4.74 Å². The summed E-state index contributed by atoms with van der Waals surface area (Å²) >= 11 is 0. The van der Waals surface area contributed by atoms with Gasteiger partial charge >= 0.3 is 0 Å². The predicted molar refractivity (Wildman–Crippen MR) is 73.4 cm³/mol. The number of aromatic hydroxyl groups is 2. The molecule has 0 aromatic heterocycles. The molecule has 4 heteroatoms. The van der Waals surface area contributed by atoms with Gasteiger partial charge in [0.1, 0.15) is 11.5 Å². The summed E-state index contributed by atoms with van der Waals surface area (Å²) in [4.78, 5) is 2.25. The summed E-state index contributed by atoms with van der Waals surface area (Å²) in [6, 6.07) is 8.83. The summed E-state index contributed by atoms with van der Waals surface area (Å²) in [5.41, 5.74) is 0.871. The number of ether oxygens (including phenoxy) is 1. The third-order valence-electron chi connectivity index (χ3n) is 3.58. The van der Waals surface area contributed by atoms with Gasteiger partial charge in [0.25, 0.3) is 0 Å². The monoisotopic (exact) mass is 259 g/mol. The standard InChI is InChI=1S/C15H17NO3/c17-12-3-1-11-2-4-15(18)14(13(11)9-12)10-16-5-7-19-8-6-16/h1-4,9,17-18H,5-8,10H2. The van der Waals surface area contributed by atoms with E-state index >= 15 is 0 Å². The van der Waals surface area contributed by atoms with E-state index in [-0.39, 0.29) is 11.5 Å². The fourth-order valence-electron chi connectivity index (χ4n) is 2.51. The Morgan fingerprint density at radius 3 is 2.58 bits per heavy atom. The van der Waals surface area contributed by atoms with Crippen LogP contribution in [-0.2, 0) is 11.3 Å². The Morgan fingerprint density at radius 1 is 1.05 bits per heavy atom. The minimum Gasteiger partial charge on any atom is -0.508 e. The summed E-state index contributed by atoms with van der Waals surface area (Å²) in [7, 11) is 0. The quantitative estimate of drug-likeness (QED) is 0.867. The third-order valence-corrected chi connectivity index (χ3v) is 3.58. The second-order valence-corrected chi connectivity index (χ2v) is 4.86. The highest BCUT2D eigenvalue weighted by Crippen LogP contribution is 2.30. The third kappa shape index (κ3) is 2.50. The van der Waals surface area contributed by atoms with E-state index in [1.54, 1.807) is 18.2 Å². The maximum absolute atomic E-state index is 10.1.